The van der Waals surface area contributed by atoms with Crippen molar-refractivity contribution in [3.05, 3.63) is 0 Å². The van der Waals surface area contributed by atoms with Crippen LogP contribution in [0.2, 0.25) is 0 Å². The highest BCUT2D eigenvalue weighted by Gasteiger charge is 2.29. The van der Waals surface area contributed by atoms with Crippen LogP contribution in [0.1, 0.15) is 44.9 Å². The maximum atomic E-state index is 12.5. The molecule has 0 aromatic carbocycles. The van der Waals surface area contributed by atoms with Gasteiger partial charge in [0, 0.05) is 26.2 Å². The first-order chi connectivity index (χ1) is 10.1. The molecule has 120 valence electrons. The lowest BCUT2D eigenvalue weighted by molar-refractivity contribution is -0.145. The number of amides is 2. The Morgan fingerprint density at radius 2 is 1.76 bits per heavy atom. The predicted octanol–water partition coefficient (Wildman–Crippen LogP) is 1.94. The van der Waals surface area contributed by atoms with E-state index < -0.39 is 5.97 Å². The fourth-order valence-electron chi connectivity index (χ4n) is 3.25. The lowest BCUT2D eigenvalue weighted by atomic mass is 9.94. The number of carboxylic acids is 1. The molecular formula is C15H26N2O4. The van der Waals surface area contributed by atoms with Crippen LogP contribution in [0.25, 0.3) is 0 Å². The molecule has 0 atom stereocenters. The lowest BCUT2D eigenvalue weighted by Crippen LogP contribution is -2.50. The second-order valence-corrected chi connectivity index (χ2v) is 6.08. The maximum absolute atomic E-state index is 12.5. The molecule has 2 amide bonds. The number of piperidine rings is 1. The van der Waals surface area contributed by atoms with Gasteiger partial charge in [-0.2, -0.15) is 0 Å². The normalized spacial score (nSPS) is 21.3. The van der Waals surface area contributed by atoms with Crippen LogP contribution in [0.15, 0.2) is 0 Å². The van der Waals surface area contributed by atoms with Crippen LogP contribution in [0.5, 0.6) is 0 Å². The predicted molar refractivity (Wildman–Crippen MR) is 78.2 cm³/mol. The van der Waals surface area contributed by atoms with E-state index in [2.05, 4.69) is 0 Å². The lowest BCUT2D eigenvalue weighted by Gasteiger charge is -2.38. The average molecular weight is 298 g/mol. The molecule has 21 heavy (non-hydrogen) atoms. The highest BCUT2D eigenvalue weighted by Crippen LogP contribution is 2.23. The van der Waals surface area contributed by atoms with E-state index in [1.165, 1.54) is 19.3 Å². The first kappa shape index (κ1) is 16.1. The third kappa shape index (κ3) is 4.59. The van der Waals surface area contributed by atoms with Gasteiger partial charge in [-0.15, -0.1) is 0 Å². The molecule has 2 fully saturated rings. The van der Waals surface area contributed by atoms with Crippen LogP contribution >= 0.6 is 0 Å². The van der Waals surface area contributed by atoms with Crippen LogP contribution in [-0.2, 0) is 9.53 Å². The fourth-order valence-corrected chi connectivity index (χ4v) is 3.25. The van der Waals surface area contributed by atoms with Gasteiger partial charge in [-0.05, 0) is 25.7 Å². The summed E-state index contributed by atoms with van der Waals surface area (Å²) < 4.78 is 5.30. The van der Waals surface area contributed by atoms with Gasteiger partial charge < -0.3 is 19.6 Å². The molecule has 1 heterocycles. The van der Waals surface area contributed by atoms with E-state index in [-0.39, 0.29) is 18.7 Å². The number of rotatable bonds is 4. The molecule has 2 rings (SSSR count). The van der Waals surface area contributed by atoms with Gasteiger partial charge in [-0.3, -0.25) is 0 Å². The van der Waals surface area contributed by atoms with Crippen LogP contribution in [0.3, 0.4) is 0 Å². The molecule has 0 radical (unpaired) electrons. The highest BCUT2D eigenvalue weighted by molar-refractivity contribution is 5.74. The van der Waals surface area contributed by atoms with Gasteiger partial charge in [0.2, 0.25) is 0 Å². The van der Waals surface area contributed by atoms with Gasteiger partial charge in [-0.1, -0.05) is 19.3 Å². The molecule has 2 aliphatic rings. The first-order valence-electron chi connectivity index (χ1n) is 7.93. The summed E-state index contributed by atoms with van der Waals surface area (Å²) in [6, 6.07) is 0.491. The van der Waals surface area contributed by atoms with Crippen molar-refractivity contribution in [3.63, 3.8) is 0 Å². The van der Waals surface area contributed by atoms with E-state index in [0.717, 1.165) is 25.7 Å². The van der Waals surface area contributed by atoms with E-state index in [4.69, 9.17) is 9.84 Å². The molecule has 0 bridgehead atoms. The Balaban J connectivity index is 1.75. The quantitative estimate of drug-likeness (QED) is 0.861. The minimum absolute atomic E-state index is 0.0369. The Morgan fingerprint density at radius 3 is 2.33 bits per heavy atom. The number of hydrogen-bond donors (Lipinski definition) is 1. The molecule has 6 nitrogen and oxygen atoms in total. The smallest absolute Gasteiger partial charge is 0.329 e. The minimum atomic E-state index is -0.939. The molecule has 1 aliphatic heterocycles. The number of nitrogens with zero attached hydrogens (tertiary/aromatic N) is 2. The van der Waals surface area contributed by atoms with Gasteiger partial charge in [0.1, 0.15) is 6.61 Å². The number of urea groups is 1. The molecule has 0 aromatic rings. The van der Waals surface area contributed by atoms with Crippen molar-refractivity contribution < 1.29 is 19.4 Å². The van der Waals surface area contributed by atoms with Crippen molar-refractivity contribution in [2.45, 2.75) is 57.1 Å². The number of aliphatic carboxylic acids is 1. The van der Waals surface area contributed by atoms with Crippen molar-refractivity contribution in [3.8, 4) is 0 Å². The summed E-state index contributed by atoms with van der Waals surface area (Å²) in [5, 5.41) is 8.61. The monoisotopic (exact) mass is 298 g/mol. The van der Waals surface area contributed by atoms with Crippen LogP contribution in [-0.4, -0.2) is 65.8 Å². The summed E-state index contributed by atoms with van der Waals surface area (Å²) in [7, 11) is 1.91. The number of carbonyl (C=O) groups is 2. The van der Waals surface area contributed by atoms with E-state index >= 15 is 0 Å². The van der Waals surface area contributed by atoms with Gasteiger partial charge in [0.15, 0.2) is 0 Å². The minimum Gasteiger partial charge on any atom is -0.480 e. The highest BCUT2D eigenvalue weighted by atomic mass is 16.5. The number of ether oxygens (including phenoxy) is 1. The Bertz CT molecular complexity index is 361. The Kier molecular flexibility index (Phi) is 5.85. The summed E-state index contributed by atoms with van der Waals surface area (Å²) in [6.45, 7) is 1.06. The third-order valence-corrected chi connectivity index (χ3v) is 4.58. The van der Waals surface area contributed by atoms with Gasteiger partial charge >= 0.3 is 12.0 Å². The Morgan fingerprint density at radius 1 is 1.14 bits per heavy atom. The molecule has 6 heteroatoms. The molecule has 1 saturated heterocycles. The van der Waals surface area contributed by atoms with Crippen molar-refractivity contribution in [1.29, 1.82) is 0 Å². The molecule has 0 aromatic heterocycles. The van der Waals surface area contributed by atoms with E-state index in [9.17, 15) is 9.59 Å². The fraction of sp³-hybridized carbons (Fsp3) is 0.867. The van der Waals surface area contributed by atoms with Crippen molar-refractivity contribution in [2.75, 3.05) is 26.7 Å². The zero-order valence-corrected chi connectivity index (χ0v) is 12.8. The summed E-state index contributed by atoms with van der Waals surface area (Å²) in [5.41, 5.74) is 0. The number of carboxylic acid groups (broad SMARTS) is 1. The largest absolute Gasteiger partial charge is 0.480 e. The van der Waals surface area contributed by atoms with Crippen molar-refractivity contribution in [1.82, 2.24) is 9.80 Å². The molecule has 1 aliphatic carbocycles. The zero-order chi connectivity index (χ0) is 15.2. The summed E-state index contributed by atoms with van der Waals surface area (Å²) in [6.07, 6.45) is 7.34. The second kappa shape index (κ2) is 7.64. The van der Waals surface area contributed by atoms with Crippen LogP contribution in [0, 0.1) is 0 Å². The SMILES string of the molecule is CN(C(=O)N1CCC(OCC(=O)O)CC1)C1CCCCC1. The molecular weight excluding hydrogens is 272 g/mol. The number of hydrogen-bond acceptors (Lipinski definition) is 3. The van der Waals surface area contributed by atoms with E-state index in [0.29, 0.717) is 19.1 Å². The van der Waals surface area contributed by atoms with E-state index in [1.54, 1.807) is 0 Å². The van der Waals surface area contributed by atoms with Crippen LogP contribution < -0.4 is 0 Å². The summed E-state index contributed by atoms with van der Waals surface area (Å²) >= 11 is 0. The average Bonchev–Trinajstić information content (AvgIpc) is 2.53. The zero-order valence-electron chi connectivity index (χ0n) is 12.8. The van der Waals surface area contributed by atoms with Gasteiger partial charge in [0.25, 0.3) is 0 Å². The van der Waals surface area contributed by atoms with Gasteiger partial charge in [-0.25, -0.2) is 9.59 Å². The Labute approximate surface area is 126 Å². The molecule has 1 N–H and O–H groups in total. The molecule has 0 unspecified atom stereocenters. The Hall–Kier alpha value is -1.30. The number of carbonyl (C=O) groups excluding carboxylic acids is 1. The number of likely N-dealkylation sites (tertiary alicyclic amines) is 1. The molecule has 1 saturated carbocycles. The second-order valence-electron chi connectivity index (χ2n) is 6.08. The summed E-state index contributed by atoms with van der Waals surface area (Å²) in [5.74, 6) is -0.939. The van der Waals surface area contributed by atoms with Gasteiger partial charge in [0.05, 0.1) is 6.10 Å². The van der Waals surface area contributed by atoms with Crippen LogP contribution in [0.4, 0.5) is 4.79 Å². The van der Waals surface area contributed by atoms with Crippen molar-refractivity contribution in [2.24, 2.45) is 0 Å². The first-order valence-corrected chi connectivity index (χ1v) is 7.93. The van der Waals surface area contributed by atoms with Crippen molar-refractivity contribution >= 4 is 12.0 Å². The maximum Gasteiger partial charge on any atom is 0.329 e. The third-order valence-electron chi connectivity index (χ3n) is 4.58. The topological polar surface area (TPSA) is 70.1 Å². The van der Waals surface area contributed by atoms with E-state index in [1.807, 2.05) is 16.8 Å². The standard InChI is InChI=1S/C15H26N2O4/c1-16(12-5-3-2-4-6-12)15(20)17-9-7-13(8-10-17)21-11-14(18)19/h12-13H,2-11H2,1H3,(H,18,19). The molecule has 0 spiro atoms. The summed E-state index contributed by atoms with van der Waals surface area (Å²) in [4.78, 5) is 26.7.